The van der Waals surface area contributed by atoms with Gasteiger partial charge in [-0.1, -0.05) is 18.1 Å². The molecule has 0 atom stereocenters. The van der Waals surface area contributed by atoms with Gasteiger partial charge in [-0.05, 0) is 12.1 Å². The molecule has 0 aliphatic heterocycles. The van der Waals surface area contributed by atoms with Crippen molar-refractivity contribution >= 4 is 11.7 Å². The lowest BCUT2D eigenvalue weighted by molar-refractivity contribution is -0.135. The van der Waals surface area contributed by atoms with Crippen molar-refractivity contribution in [1.82, 2.24) is 0 Å². The van der Waals surface area contributed by atoms with E-state index in [9.17, 15) is 4.79 Å². The summed E-state index contributed by atoms with van der Waals surface area (Å²) in [4.78, 5) is 12.1. The molecule has 1 aromatic rings. The van der Waals surface area contributed by atoms with Gasteiger partial charge in [-0.25, -0.2) is 0 Å². The third kappa shape index (κ3) is 2.76. The molecule has 0 saturated heterocycles. The number of para-hydroxylation sites is 1. The first-order valence-corrected chi connectivity index (χ1v) is 4.58. The fourth-order valence-electron chi connectivity index (χ4n) is 1.34. The molecule has 1 N–H and O–H groups in total. The van der Waals surface area contributed by atoms with E-state index in [1.54, 1.807) is 24.3 Å². The Morgan fingerprint density at radius 1 is 1.50 bits per heavy atom. The minimum Gasteiger partial charge on any atom is -0.480 e. The molecule has 0 radical (unpaired) electrons. The van der Waals surface area contributed by atoms with Crippen molar-refractivity contribution in [3.05, 3.63) is 29.8 Å². The number of rotatable bonds is 4. The second kappa shape index (κ2) is 5.43. The lowest BCUT2D eigenvalue weighted by Crippen LogP contribution is -2.30. The van der Waals surface area contributed by atoms with Gasteiger partial charge in [0.1, 0.15) is 12.6 Å². The predicted octanol–water partition coefficient (Wildman–Crippen LogP) is 1.08. The van der Waals surface area contributed by atoms with E-state index < -0.39 is 5.97 Å². The van der Waals surface area contributed by atoms with E-state index in [1.165, 1.54) is 4.90 Å². The topological polar surface area (TPSA) is 64.3 Å². The van der Waals surface area contributed by atoms with Crippen LogP contribution in [-0.2, 0) is 4.79 Å². The monoisotopic (exact) mass is 214 g/mol. The molecule has 4 nitrogen and oxygen atoms in total. The summed E-state index contributed by atoms with van der Waals surface area (Å²) in [6.45, 7) is -0.0616. The fraction of sp³-hybridized carbons (Fsp3) is 0.167. The Kier molecular flexibility index (Phi) is 3.94. The number of nitrogens with zero attached hydrogens (tertiary/aromatic N) is 2. The van der Waals surface area contributed by atoms with Crippen molar-refractivity contribution in [2.24, 2.45) is 0 Å². The van der Waals surface area contributed by atoms with Crippen LogP contribution in [0.1, 0.15) is 5.56 Å². The number of aliphatic carboxylic acids is 1. The van der Waals surface area contributed by atoms with Crippen LogP contribution in [0.5, 0.6) is 0 Å². The maximum absolute atomic E-state index is 10.7. The van der Waals surface area contributed by atoms with Gasteiger partial charge >= 0.3 is 5.97 Å². The SMILES string of the molecule is C#CCN(CC(=O)O)c1ccccc1C#N. The van der Waals surface area contributed by atoms with Crippen LogP contribution in [-0.4, -0.2) is 24.2 Å². The number of hydrogen-bond acceptors (Lipinski definition) is 3. The van der Waals surface area contributed by atoms with E-state index in [0.29, 0.717) is 11.3 Å². The van der Waals surface area contributed by atoms with Crippen LogP contribution in [0, 0.1) is 23.7 Å². The first kappa shape index (κ1) is 11.6. The smallest absolute Gasteiger partial charge is 0.323 e. The summed E-state index contributed by atoms with van der Waals surface area (Å²) in [6, 6.07) is 8.77. The second-order valence-electron chi connectivity index (χ2n) is 3.08. The standard InChI is InChI=1S/C12H10N2O2/c1-2-7-14(9-12(15)16)11-6-4-3-5-10(11)8-13/h1,3-6H,7,9H2,(H,15,16). The summed E-state index contributed by atoms with van der Waals surface area (Å²) in [5.74, 6) is 1.39. The van der Waals surface area contributed by atoms with Crippen LogP contribution in [0.4, 0.5) is 5.69 Å². The van der Waals surface area contributed by atoms with Crippen LogP contribution in [0.25, 0.3) is 0 Å². The van der Waals surface area contributed by atoms with Gasteiger partial charge in [0.05, 0.1) is 17.8 Å². The molecular formula is C12H10N2O2. The highest BCUT2D eigenvalue weighted by molar-refractivity contribution is 5.75. The summed E-state index contributed by atoms with van der Waals surface area (Å²) in [5, 5.41) is 17.6. The van der Waals surface area contributed by atoms with E-state index in [4.69, 9.17) is 16.8 Å². The Bertz CT molecular complexity index is 469. The molecule has 80 valence electrons. The fourth-order valence-corrected chi connectivity index (χ4v) is 1.34. The Morgan fingerprint density at radius 3 is 2.75 bits per heavy atom. The van der Waals surface area contributed by atoms with E-state index >= 15 is 0 Å². The first-order chi connectivity index (χ1) is 7.69. The molecular weight excluding hydrogens is 204 g/mol. The third-order valence-corrected chi connectivity index (χ3v) is 1.97. The second-order valence-corrected chi connectivity index (χ2v) is 3.08. The molecule has 0 spiro atoms. The third-order valence-electron chi connectivity index (χ3n) is 1.97. The van der Waals surface area contributed by atoms with Gasteiger partial charge in [0.15, 0.2) is 0 Å². The average molecular weight is 214 g/mol. The molecule has 0 saturated carbocycles. The van der Waals surface area contributed by atoms with Crippen molar-refractivity contribution < 1.29 is 9.90 Å². The maximum Gasteiger partial charge on any atom is 0.323 e. The number of carbonyl (C=O) groups is 1. The predicted molar refractivity (Wildman–Crippen MR) is 59.8 cm³/mol. The molecule has 0 amide bonds. The Labute approximate surface area is 93.7 Å². The summed E-state index contributed by atoms with van der Waals surface area (Å²) in [7, 11) is 0. The number of carboxylic acid groups (broad SMARTS) is 1. The number of anilines is 1. The molecule has 0 aromatic heterocycles. The van der Waals surface area contributed by atoms with Crippen molar-refractivity contribution in [3.63, 3.8) is 0 Å². The highest BCUT2D eigenvalue weighted by Crippen LogP contribution is 2.18. The zero-order valence-electron chi connectivity index (χ0n) is 8.55. The largest absolute Gasteiger partial charge is 0.480 e. The van der Waals surface area contributed by atoms with E-state index in [0.717, 1.165) is 0 Å². The van der Waals surface area contributed by atoms with E-state index in [1.807, 2.05) is 6.07 Å². The number of benzene rings is 1. The Hall–Kier alpha value is -2.46. The van der Waals surface area contributed by atoms with Gasteiger partial charge in [-0.3, -0.25) is 4.79 Å². The van der Waals surface area contributed by atoms with Crippen LogP contribution < -0.4 is 4.90 Å². The number of hydrogen-bond donors (Lipinski definition) is 1. The lowest BCUT2D eigenvalue weighted by atomic mass is 10.1. The molecule has 1 aromatic carbocycles. The molecule has 4 heteroatoms. The summed E-state index contributed by atoms with van der Waals surface area (Å²) >= 11 is 0. The minimum absolute atomic E-state index is 0.158. The lowest BCUT2D eigenvalue weighted by Gasteiger charge is -2.20. The van der Waals surface area contributed by atoms with Gasteiger partial charge in [-0.2, -0.15) is 5.26 Å². The zero-order valence-corrected chi connectivity index (χ0v) is 8.55. The highest BCUT2D eigenvalue weighted by Gasteiger charge is 2.12. The number of terminal acetylenes is 1. The van der Waals surface area contributed by atoms with Crippen LogP contribution in [0.3, 0.4) is 0 Å². The van der Waals surface area contributed by atoms with Crippen molar-refractivity contribution in [1.29, 1.82) is 5.26 Å². The molecule has 0 unspecified atom stereocenters. The molecule has 0 fully saturated rings. The summed E-state index contributed by atoms with van der Waals surface area (Å²) in [5.41, 5.74) is 0.962. The van der Waals surface area contributed by atoms with E-state index in [-0.39, 0.29) is 13.1 Å². The van der Waals surface area contributed by atoms with Gasteiger partial charge in [0.25, 0.3) is 0 Å². The molecule has 1 rings (SSSR count). The quantitative estimate of drug-likeness (QED) is 0.762. The van der Waals surface area contributed by atoms with Gasteiger partial charge in [0.2, 0.25) is 0 Å². The summed E-state index contributed by atoms with van der Waals surface area (Å²) < 4.78 is 0. The minimum atomic E-state index is -0.983. The van der Waals surface area contributed by atoms with Crippen LogP contribution >= 0.6 is 0 Å². The van der Waals surface area contributed by atoms with Crippen molar-refractivity contribution in [2.75, 3.05) is 18.0 Å². The highest BCUT2D eigenvalue weighted by atomic mass is 16.4. The molecule has 0 aliphatic rings. The van der Waals surface area contributed by atoms with Crippen LogP contribution in [0.2, 0.25) is 0 Å². The number of nitriles is 1. The van der Waals surface area contributed by atoms with Crippen molar-refractivity contribution in [2.45, 2.75) is 0 Å². The van der Waals surface area contributed by atoms with E-state index in [2.05, 4.69) is 5.92 Å². The molecule has 16 heavy (non-hydrogen) atoms. The maximum atomic E-state index is 10.7. The molecule has 0 heterocycles. The Balaban J connectivity index is 3.06. The first-order valence-electron chi connectivity index (χ1n) is 4.58. The molecule has 0 bridgehead atoms. The average Bonchev–Trinajstić information content (AvgIpc) is 2.28. The van der Waals surface area contributed by atoms with Crippen LogP contribution in [0.15, 0.2) is 24.3 Å². The van der Waals surface area contributed by atoms with Gasteiger partial charge in [0, 0.05) is 0 Å². The summed E-state index contributed by atoms with van der Waals surface area (Å²) in [6.07, 6.45) is 5.17. The molecule has 0 aliphatic carbocycles. The number of carboxylic acids is 1. The van der Waals surface area contributed by atoms with Gasteiger partial charge in [-0.15, -0.1) is 6.42 Å². The zero-order chi connectivity index (χ0) is 12.0. The van der Waals surface area contributed by atoms with Gasteiger partial charge < -0.3 is 10.0 Å². The van der Waals surface area contributed by atoms with Crippen molar-refractivity contribution in [3.8, 4) is 18.4 Å². The normalized spacial score (nSPS) is 8.88. The Morgan fingerprint density at radius 2 is 2.19 bits per heavy atom.